The van der Waals surface area contributed by atoms with E-state index in [0.29, 0.717) is 13.1 Å². The van der Waals surface area contributed by atoms with Gasteiger partial charge in [-0.05, 0) is 25.0 Å². The molecule has 1 fully saturated rings. The second-order valence-corrected chi connectivity index (χ2v) is 6.13. The molecule has 0 radical (unpaired) electrons. The summed E-state index contributed by atoms with van der Waals surface area (Å²) in [5.41, 5.74) is 5.69. The number of nitrogen functional groups attached to an aromatic ring is 1. The Kier molecular flexibility index (Phi) is 6.28. The van der Waals surface area contributed by atoms with Crippen LogP contribution in [0, 0.1) is 0 Å². The van der Waals surface area contributed by atoms with Crippen LogP contribution < -0.4 is 11.1 Å². The Balaban J connectivity index is 1.81. The van der Waals surface area contributed by atoms with Crippen molar-refractivity contribution < 1.29 is 19.1 Å². The molecule has 0 unspecified atom stereocenters. The summed E-state index contributed by atoms with van der Waals surface area (Å²) in [6.07, 6.45) is 1.95. The number of amides is 2. The van der Waals surface area contributed by atoms with E-state index in [1.807, 2.05) is 0 Å². The number of benzene rings is 1. The SMILES string of the molecule is Nc1c(Cl)cc(Cl)cc1C(=O)OCC(=O)NCC(=O)N1CCCC1. The quantitative estimate of drug-likeness (QED) is 0.600. The molecule has 7 nitrogen and oxygen atoms in total. The molecule has 24 heavy (non-hydrogen) atoms. The molecule has 1 aromatic rings. The standard InChI is InChI=1S/C15H17Cl2N3O4/c16-9-5-10(14(18)11(17)6-9)15(23)24-8-12(21)19-7-13(22)20-3-1-2-4-20/h5-6H,1-4,7-8,18H2,(H,19,21). The van der Waals surface area contributed by atoms with E-state index < -0.39 is 18.5 Å². The fourth-order valence-electron chi connectivity index (χ4n) is 2.27. The Labute approximate surface area is 149 Å². The van der Waals surface area contributed by atoms with Gasteiger partial charge in [0.2, 0.25) is 5.91 Å². The van der Waals surface area contributed by atoms with Crippen molar-refractivity contribution in [2.45, 2.75) is 12.8 Å². The van der Waals surface area contributed by atoms with Gasteiger partial charge in [-0.25, -0.2) is 4.79 Å². The highest BCUT2D eigenvalue weighted by Gasteiger charge is 2.19. The number of nitrogens with two attached hydrogens (primary N) is 1. The number of nitrogens with one attached hydrogen (secondary N) is 1. The first-order chi connectivity index (χ1) is 11.4. The molecule has 130 valence electrons. The molecule has 0 saturated carbocycles. The zero-order chi connectivity index (χ0) is 17.7. The van der Waals surface area contributed by atoms with Gasteiger partial charge in [-0.1, -0.05) is 23.2 Å². The molecular weight excluding hydrogens is 357 g/mol. The molecule has 2 amide bonds. The van der Waals surface area contributed by atoms with E-state index in [1.165, 1.54) is 12.1 Å². The largest absolute Gasteiger partial charge is 0.452 e. The summed E-state index contributed by atoms with van der Waals surface area (Å²) in [7, 11) is 0. The van der Waals surface area contributed by atoms with Crippen molar-refractivity contribution in [3.8, 4) is 0 Å². The maximum atomic E-state index is 11.9. The van der Waals surface area contributed by atoms with Gasteiger partial charge in [0.15, 0.2) is 6.61 Å². The maximum Gasteiger partial charge on any atom is 0.340 e. The summed E-state index contributed by atoms with van der Waals surface area (Å²) >= 11 is 11.6. The van der Waals surface area contributed by atoms with Gasteiger partial charge < -0.3 is 20.7 Å². The van der Waals surface area contributed by atoms with Crippen molar-refractivity contribution in [3.05, 3.63) is 27.7 Å². The minimum Gasteiger partial charge on any atom is -0.452 e. The van der Waals surface area contributed by atoms with Crippen LogP contribution in [0.1, 0.15) is 23.2 Å². The Hall–Kier alpha value is -1.99. The number of hydrogen-bond acceptors (Lipinski definition) is 5. The lowest BCUT2D eigenvalue weighted by Crippen LogP contribution is -2.40. The van der Waals surface area contributed by atoms with E-state index in [1.54, 1.807) is 4.90 Å². The van der Waals surface area contributed by atoms with Crippen LogP contribution in [0.25, 0.3) is 0 Å². The zero-order valence-electron chi connectivity index (χ0n) is 12.8. The molecule has 0 atom stereocenters. The number of rotatable bonds is 5. The van der Waals surface area contributed by atoms with Crippen LogP contribution in [0.2, 0.25) is 10.0 Å². The average molecular weight is 374 g/mol. The normalized spacial score (nSPS) is 13.7. The van der Waals surface area contributed by atoms with E-state index in [4.69, 9.17) is 33.7 Å². The fourth-order valence-corrected chi connectivity index (χ4v) is 2.76. The monoisotopic (exact) mass is 373 g/mol. The first kappa shape index (κ1) is 18.4. The first-order valence-corrected chi connectivity index (χ1v) is 8.10. The molecule has 1 saturated heterocycles. The fraction of sp³-hybridized carbons (Fsp3) is 0.400. The maximum absolute atomic E-state index is 11.9. The van der Waals surface area contributed by atoms with Crippen LogP contribution in [0.15, 0.2) is 12.1 Å². The zero-order valence-corrected chi connectivity index (χ0v) is 14.3. The molecule has 0 bridgehead atoms. The van der Waals surface area contributed by atoms with E-state index in [0.717, 1.165) is 12.8 Å². The molecule has 1 aliphatic heterocycles. The molecule has 1 heterocycles. The van der Waals surface area contributed by atoms with E-state index in [2.05, 4.69) is 5.32 Å². The number of esters is 1. The lowest BCUT2D eigenvalue weighted by Gasteiger charge is -2.15. The van der Waals surface area contributed by atoms with Gasteiger partial charge in [0, 0.05) is 18.1 Å². The van der Waals surface area contributed by atoms with Crippen molar-refractivity contribution in [2.75, 3.05) is 32.0 Å². The molecule has 2 rings (SSSR count). The van der Waals surface area contributed by atoms with Crippen LogP contribution in [-0.4, -0.2) is 48.9 Å². The highest BCUT2D eigenvalue weighted by atomic mass is 35.5. The summed E-state index contributed by atoms with van der Waals surface area (Å²) in [4.78, 5) is 37.1. The number of carbonyl (C=O) groups is 3. The number of anilines is 1. The third kappa shape index (κ3) is 4.75. The van der Waals surface area contributed by atoms with Gasteiger partial charge in [0.1, 0.15) is 0 Å². The van der Waals surface area contributed by atoms with Crippen molar-refractivity contribution in [2.24, 2.45) is 0 Å². The summed E-state index contributed by atoms with van der Waals surface area (Å²) in [5, 5.41) is 2.76. The second kappa shape index (κ2) is 8.21. The molecule has 0 aliphatic carbocycles. The number of hydrogen-bond donors (Lipinski definition) is 2. The highest BCUT2D eigenvalue weighted by Crippen LogP contribution is 2.27. The summed E-state index contributed by atoms with van der Waals surface area (Å²) in [6.45, 7) is 0.758. The molecular formula is C15H17Cl2N3O4. The Morgan fingerprint density at radius 1 is 1.21 bits per heavy atom. The van der Waals surface area contributed by atoms with Gasteiger partial charge in [-0.3, -0.25) is 9.59 Å². The Bertz CT molecular complexity index is 660. The average Bonchev–Trinajstić information content (AvgIpc) is 3.08. The smallest absolute Gasteiger partial charge is 0.340 e. The summed E-state index contributed by atoms with van der Waals surface area (Å²) < 4.78 is 4.87. The Morgan fingerprint density at radius 3 is 2.54 bits per heavy atom. The topological polar surface area (TPSA) is 102 Å². The van der Waals surface area contributed by atoms with Crippen molar-refractivity contribution in [1.82, 2.24) is 10.2 Å². The van der Waals surface area contributed by atoms with Gasteiger partial charge in [-0.2, -0.15) is 0 Å². The molecule has 1 aliphatic rings. The van der Waals surface area contributed by atoms with Crippen LogP contribution in [0.5, 0.6) is 0 Å². The Morgan fingerprint density at radius 2 is 1.88 bits per heavy atom. The molecule has 0 aromatic heterocycles. The number of ether oxygens (including phenoxy) is 1. The lowest BCUT2D eigenvalue weighted by molar-refractivity contribution is -0.132. The number of carbonyl (C=O) groups excluding carboxylic acids is 3. The molecule has 1 aromatic carbocycles. The van der Waals surface area contributed by atoms with Crippen LogP contribution >= 0.6 is 23.2 Å². The third-order valence-electron chi connectivity index (χ3n) is 3.54. The van der Waals surface area contributed by atoms with Gasteiger partial charge in [0.05, 0.1) is 22.8 Å². The molecule has 9 heteroatoms. The minimum absolute atomic E-state index is 0.0200. The molecule has 0 spiro atoms. The van der Waals surface area contributed by atoms with Crippen LogP contribution in [-0.2, 0) is 14.3 Å². The minimum atomic E-state index is -0.821. The third-order valence-corrected chi connectivity index (χ3v) is 4.08. The van der Waals surface area contributed by atoms with E-state index in [9.17, 15) is 14.4 Å². The van der Waals surface area contributed by atoms with Crippen LogP contribution in [0.4, 0.5) is 5.69 Å². The van der Waals surface area contributed by atoms with Gasteiger partial charge in [-0.15, -0.1) is 0 Å². The lowest BCUT2D eigenvalue weighted by atomic mass is 10.2. The van der Waals surface area contributed by atoms with Crippen LogP contribution in [0.3, 0.4) is 0 Å². The van der Waals surface area contributed by atoms with Crippen molar-refractivity contribution >= 4 is 46.7 Å². The second-order valence-electron chi connectivity index (χ2n) is 5.29. The predicted molar refractivity (Wildman–Crippen MR) is 90.0 cm³/mol. The molecule has 3 N–H and O–H groups in total. The summed E-state index contributed by atoms with van der Waals surface area (Å²) in [6, 6.07) is 2.70. The first-order valence-electron chi connectivity index (χ1n) is 7.34. The number of nitrogens with zero attached hydrogens (tertiary/aromatic N) is 1. The van der Waals surface area contributed by atoms with Gasteiger partial charge >= 0.3 is 5.97 Å². The van der Waals surface area contributed by atoms with Gasteiger partial charge in [0.25, 0.3) is 5.91 Å². The number of likely N-dealkylation sites (tertiary alicyclic amines) is 1. The van der Waals surface area contributed by atoms with E-state index in [-0.39, 0.29) is 33.7 Å². The van der Waals surface area contributed by atoms with E-state index >= 15 is 0 Å². The predicted octanol–water partition coefficient (Wildman–Crippen LogP) is 1.47. The highest BCUT2D eigenvalue weighted by molar-refractivity contribution is 6.37. The van der Waals surface area contributed by atoms with Crippen molar-refractivity contribution in [3.63, 3.8) is 0 Å². The van der Waals surface area contributed by atoms with Crippen molar-refractivity contribution in [1.29, 1.82) is 0 Å². The summed E-state index contributed by atoms with van der Waals surface area (Å²) in [5.74, 6) is -1.56. The number of halogens is 2.